The summed E-state index contributed by atoms with van der Waals surface area (Å²) in [6, 6.07) is 16.4. The number of carbonyl (C=O) groups is 2. The highest BCUT2D eigenvalue weighted by atomic mass is 16.4. The Labute approximate surface area is 150 Å². The molecular formula is C21H18N2O3. The van der Waals surface area contributed by atoms with Gasteiger partial charge in [-0.05, 0) is 30.2 Å². The summed E-state index contributed by atoms with van der Waals surface area (Å²) in [4.78, 5) is 30.7. The fourth-order valence-electron chi connectivity index (χ4n) is 3.69. The van der Waals surface area contributed by atoms with Crippen molar-refractivity contribution in [3.8, 4) is 0 Å². The van der Waals surface area contributed by atoms with Gasteiger partial charge in [-0.15, -0.1) is 0 Å². The molecule has 1 aliphatic rings. The number of hydrogen-bond donors (Lipinski definition) is 1. The molecular weight excluding hydrogens is 328 g/mol. The van der Waals surface area contributed by atoms with Gasteiger partial charge in [-0.2, -0.15) is 0 Å². The number of nitrogens with zero attached hydrogens (tertiary/aromatic N) is 2. The van der Waals surface area contributed by atoms with Crippen molar-refractivity contribution in [1.82, 2.24) is 9.88 Å². The van der Waals surface area contributed by atoms with E-state index in [2.05, 4.69) is 4.98 Å². The quantitative estimate of drug-likeness (QED) is 0.787. The van der Waals surface area contributed by atoms with Gasteiger partial charge in [0.05, 0.1) is 16.6 Å². The van der Waals surface area contributed by atoms with Crippen molar-refractivity contribution in [2.75, 3.05) is 13.1 Å². The van der Waals surface area contributed by atoms with Crippen LogP contribution in [-0.2, 0) is 0 Å². The van der Waals surface area contributed by atoms with Gasteiger partial charge in [0.15, 0.2) is 0 Å². The zero-order valence-corrected chi connectivity index (χ0v) is 14.1. The largest absolute Gasteiger partial charge is 0.478 e. The minimum absolute atomic E-state index is 0.0363. The highest BCUT2D eigenvalue weighted by Gasteiger charge is 2.30. The third kappa shape index (κ3) is 2.81. The van der Waals surface area contributed by atoms with Gasteiger partial charge in [0, 0.05) is 30.6 Å². The number of pyridine rings is 1. The van der Waals surface area contributed by atoms with E-state index in [0.29, 0.717) is 29.7 Å². The molecule has 1 aliphatic heterocycles. The Morgan fingerprint density at radius 2 is 1.77 bits per heavy atom. The molecule has 130 valence electrons. The molecule has 5 heteroatoms. The van der Waals surface area contributed by atoms with E-state index < -0.39 is 5.97 Å². The topological polar surface area (TPSA) is 70.5 Å². The lowest BCUT2D eigenvalue weighted by Gasteiger charge is -2.18. The molecule has 2 aromatic carbocycles. The van der Waals surface area contributed by atoms with E-state index in [1.54, 1.807) is 29.3 Å². The summed E-state index contributed by atoms with van der Waals surface area (Å²) in [5.74, 6) is -0.942. The van der Waals surface area contributed by atoms with Gasteiger partial charge in [-0.25, -0.2) is 4.79 Å². The van der Waals surface area contributed by atoms with Crippen molar-refractivity contribution in [1.29, 1.82) is 0 Å². The Morgan fingerprint density at radius 3 is 2.62 bits per heavy atom. The summed E-state index contributed by atoms with van der Waals surface area (Å²) in [5, 5.41) is 10.3. The predicted octanol–water partition coefficient (Wildman–Crippen LogP) is 3.56. The van der Waals surface area contributed by atoms with E-state index in [9.17, 15) is 14.7 Å². The Bertz CT molecular complexity index is 994. The van der Waals surface area contributed by atoms with Crippen LogP contribution in [0.3, 0.4) is 0 Å². The Balaban J connectivity index is 1.61. The molecule has 3 aromatic rings. The second kappa shape index (κ2) is 6.59. The van der Waals surface area contributed by atoms with Gasteiger partial charge in [-0.3, -0.25) is 9.78 Å². The SMILES string of the molecule is O=C(O)c1ccccc1C1CCN(C(=O)c2cccc3cccnc23)C1. The number of rotatable bonds is 3. The Morgan fingerprint density at radius 1 is 1.00 bits per heavy atom. The third-order valence-corrected chi connectivity index (χ3v) is 4.97. The molecule has 0 radical (unpaired) electrons. The first-order chi connectivity index (χ1) is 12.6. The zero-order chi connectivity index (χ0) is 18.1. The molecule has 1 amide bonds. The molecule has 5 nitrogen and oxygen atoms in total. The molecule has 0 aliphatic carbocycles. The molecule has 0 spiro atoms. The van der Waals surface area contributed by atoms with Crippen molar-refractivity contribution in [3.05, 3.63) is 77.5 Å². The number of carboxylic acid groups (broad SMARTS) is 1. The fraction of sp³-hybridized carbons (Fsp3) is 0.190. The Kier molecular flexibility index (Phi) is 4.13. The molecule has 26 heavy (non-hydrogen) atoms. The highest BCUT2D eigenvalue weighted by molar-refractivity contribution is 6.05. The van der Waals surface area contributed by atoms with Gasteiger partial charge in [0.25, 0.3) is 5.91 Å². The summed E-state index contributed by atoms with van der Waals surface area (Å²) in [6.07, 6.45) is 2.45. The predicted molar refractivity (Wildman–Crippen MR) is 98.4 cm³/mol. The third-order valence-electron chi connectivity index (χ3n) is 4.97. The summed E-state index contributed by atoms with van der Waals surface area (Å²) in [7, 11) is 0. The fourth-order valence-corrected chi connectivity index (χ4v) is 3.69. The maximum absolute atomic E-state index is 13.0. The van der Waals surface area contributed by atoms with E-state index in [4.69, 9.17) is 0 Å². The van der Waals surface area contributed by atoms with Crippen LogP contribution in [0.25, 0.3) is 10.9 Å². The standard InChI is InChI=1S/C21H18N2O3/c24-20(18-9-3-5-14-6-4-11-22-19(14)18)23-12-10-15(13-23)16-7-1-2-8-17(16)21(25)26/h1-9,11,15H,10,12-13H2,(H,25,26). The number of aromatic nitrogens is 1. The lowest BCUT2D eigenvalue weighted by Crippen LogP contribution is -2.28. The number of benzene rings is 2. The maximum atomic E-state index is 13.0. The monoisotopic (exact) mass is 346 g/mol. The summed E-state index contributed by atoms with van der Waals surface area (Å²) in [5.41, 5.74) is 2.41. The van der Waals surface area contributed by atoms with Crippen LogP contribution in [0, 0.1) is 0 Å². The van der Waals surface area contributed by atoms with Crippen LogP contribution < -0.4 is 0 Å². The van der Waals surface area contributed by atoms with Gasteiger partial charge >= 0.3 is 5.97 Å². The van der Waals surface area contributed by atoms with Crippen molar-refractivity contribution in [3.63, 3.8) is 0 Å². The van der Waals surface area contributed by atoms with Gasteiger partial charge in [0.1, 0.15) is 0 Å². The number of carbonyl (C=O) groups excluding carboxylic acids is 1. The lowest BCUT2D eigenvalue weighted by atomic mass is 9.93. The van der Waals surface area contributed by atoms with Gasteiger partial charge in [-0.1, -0.05) is 36.4 Å². The second-order valence-electron chi connectivity index (χ2n) is 6.51. The number of aromatic carboxylic acids is 1. The Hall–Kier alpha value is -3.21. The van der Waals surface area contributed by atoms with Crippen LogP contribution >= 0.6 is 0 Å². The number of carboxylic acids is 1. The van der Waals surface area contributed by atoms with Gasteiger partial charge in [0.2, 0.25) is 0 Å². The first-order valence-corrected chi connectivity index (χ1v) is 8.60. The van der Waals surface area contributed by atoms with Crippen LogP contribution in [0.2, 0.25) is 0 Å². The molecule has 1 N–H and O–H groups in total. The van der Waals surface area contributed by atoms with Crippen LogP contribution in [0.1, 0.15) is 38.6 Å². The first-order valence-electron chi connectivity index (χ1n) is 8.60. The van der Waals surface area contributed by atoms with E-state index in [-0.39, 0.29) is 11.8 Å². The molecule has 1 saturated heterocycles. The van der Waals surface area contributed by atoms with E-state index >= 15 is 0 Å². The van der Waals surface area contributed by atoms with Crippen LogP contribution in [-0.4, -0.2) is 40.0 Å². The molecule has 1 atom stereocenters. The average molecular weight is 346 g/mol. The van der Waals surface area contributed by atoms with E-state index in [1.807, 2.05) is 36.4 Å². The summed E-state index contributed by atoms with van der Waals surface area (Å²) >= 11 is 0. The molecule has 1 aromatic heterocycles. The number of likely N-dealkylation sites (tertiary alicyclic amines) is 1. The normalized spacial score (nSPS) is 16.8. The number of para-hydroxylation sites is 1. The molecule has 2 heterocycles. The highest BCUT2D eigenvalue weighted by Crippen LogP contribution is 2.31. The minimum Gasteiger partial charge on any atom is -0.478 e. The lowest BCUT2D eigenvalue weighted by molar-refractivity contribution is 0.0695. The maximum Gasteiger partial charge on any atom is 0.335 e. The smallest absolute Gasteiger partial charge is 0.335 e. The van der Waals surface area contributed by atoms with Gasteiger partial charge < -0.3 is 10.0 Å². The zero-order valence-electron chi connectivity index (χ0n) is 14.1. The number of amides is 1. The summed E-state index contributed by atoms with van der Waals surface area (Å²) < 4.78 is 0. The van der Waals surface area contributed by atoms with Crippen molar-refractivity contribution in [2.45, 2.75) is 12.3 Å². The molecule has 4 rings (SSSR count). The number of hydrogen-bond acceptors (Lipinski definition) is 3. The average Bonchev–Trinajstić information content (AvgIpc) is 3.17. The van der Waals surface area contributed by atoms with E-state index in [1.165, 1.54) is 0 Å². The second-order valence-corrected chi connectivity index (χ2v) is 6.51. The first kappa shape index (κ1) is 16.3. The van der Waals surface area contributed by atoms with Crippen LogP contribution in [0.15, 0.2) is 60.8 Å². The molecule has 1 unspecified atom stereocenters. The van der Waals surface area contributed by atoms with Crippen molar-refractivity contribution < 1.29 is 14.7 Å². The molecule has 0 bridgehead atoms. The van der Waals surface area contributed by atoms with Crippen LogP contribution in [0.5, 0.6) is 0 Å². The van der Waals surface area contributed by atoms with Crippen molar-refractivity contribution >= 4 is 22.8 Å². The minimum atomic E-state index is -0.927. The number of fused-ring (bicyclic) bond motifs is 1. The summed E-state index contributed by atoms with van der Waals surface area (Å²) in [6.45, 7) is 1.13. The molecule has 0 saturated carbocycles. The van der Waals surface area contributed by atoms with Crippen molar-refractivity contribution in [2.24, 2.45) is 0 Å². The van der Waals surface area contributed by atoms with Crippen LogP contribution in [0.4, 0.5) is 0 Å². The van der Waals surface area contributed by atoms with E-state index in [0.717, 1.165) is 17.4 Å². The molecule has 1 fully saturated rings.